The number of nitrogens with one attached hydrogen (secondary N) is 1. The van der Waals surface area contributed by atoms with Crippen LogP contribution in [0.25, 0.3) is 0 Å². The van der Waals surface area contributed by atoms with E-state index in [1.165, 1.54) is 25.7 Å². The average molecular weight is 207 g/mol. The summed E-state index contributed by atoms with van der Waals surface area (Å²) >= 11 is 0. The SMILES string of the molecule is CC=C(C)C=NC(=N)N1CCCCCC1. The minimum Gasteiger partial charge on any atom is -0.341 e. The highest BCUT2D eigenvalue weighted by atomic mass is 15.2. The van der Waals surface area contributed by atoms with E-state index in [0.717, 1.165) is 18.7 Å². The van der Waals surface area contributed by atoms with Gasteiger partial charge in [-0.1, -0.05) is 18.9 Å². The lowest BCUT2D eigenvalue weighted by Crippen LogP contribution is -2.29. The molecule has 0 aromatic carbocycles. The number of hydrogen-bond acceptors (Lipinski definition) is 1. The molecular formula is C12H21N3. The summed E-state index contributed by atoms with van der Waals surface area (Å²) < 4.78 is 0. The van der Waals surface area contributed by atoms with Gasteiger partial charge < -0.3 is 4.90 Å². The first-order chi connectivity index (χ1) is 7.24. The van der Waals surface area contributed by atoms with E-state index in [1.807, 2.05) is 19.9 Å². The van der Waals surface area contributed by atoms with Crippen LogP contribution in [0.4, 0.5) is 0 Å². The second-order valence-corrected chi connectivity index (χ2v) is 4.02. The zero-order chi connectivity index (χ0) is 11.1. The highest BCUT2D eigenvalue weighted by Gasteiger charge is 2.10. The summed E-state index contributed by atoms with van der Waals surface area (Å²) in [6.07, 6.45) is 8.75. The maximum atomic E-state index is 7.85. The Labute approximate surface area is 92.4 Å². The predicted molar refractivity (Wildman–Crippen MR) is 65.7 cm³/mol. The van der Waals surface area contributed by atoms with E-state index in [9.17, 15) is 0 Å². The minimum absolute atomic E-state index is 0.415. The number of nitrogens with zero attached hydrogens (tertiary/aromatic N) is 2. The molecule has 1 N–H and O–H groups in total. The lowest BCUT2D eigenvalue weighted by Gasteiger charge is -2.19. The molecule has 0 radical (unpaired) electrons. The Morgan fingerprint density at radius 2 is 1.80 bits per heavy atom. The molecule has 1 saturated heterocycles. The van der Waals surface area contributed by atoms with Gasteiger partial charge >= 0.3 is 0 Å². The number of guanidine groups is 1. The van der Waals surface area contributed by atoms with Crippen LogP contribution in [-0.4, -0.2) is 30.2 Å². The van der Waals surface area contributed by atoms with Crippen molar-refractivity contribution in [3.63, 3.8) is 0 Å². The summed E-state index contributed by atoms with van der Waals surface area (Å²) in [6, 6.07) is 0. The molecule has 0 aromatic heterocycles. The highest BCUT2D eigenvalue weighted by Crippen LogP contribution is 2.09. The van der Waals surface area contributed by atoms with Crippen LogP contribution in [-0.2, 0) is 0 Å². The third-order valence-corrected chi connectivity index (χ3v) is 2.75. The van der Waals surface area contributed by atoms with Crippen LogP contribution in [0.15, 0.2) is 16.6 Å². The quantitative estimate of drug-likeness (QED) is 0.521. The molecule has 0 unspecified atom stereocenters. The van der Waals surface area contributed by atoms with Crippen LogP contribution in [0.1, 0.15) is 39.5 Å². The van der Waals surface area contributed by atoms with Gasteiger partial charge in [0.25, 0.3) is 0 Å². The molecule has 0 bridgehead atoms. The van der Waals surface area contributed by atoms with E-state index >= 15 is 0 Å². The first kappa shape index (κ1) is 12.0. The van der Waals surface area contributed by atoms with Crippen molar-refractivity contribution in [2.24, 2.45) is 4.99 Å². The van der Waals surface area contributed by atoms with Crippen molar-refractivity contribution in [1.29, 1.82) is 5.41 Å². The molecule has 3 nitrogen and oxygen atoms in total. The molecule has 3 heteroatoms. The van der Waals surface area contributed by atoms with Crippen molar-refractivity contribution in [3.05, 3.63) is 11.6 Å². The topological polar surface area (TPSA) is 39.5 Å². The molecule has 1 rings (SSSR count). The molecule has 15 heavy (non-hydrogen) atoms. The lowest BCUT2D eigenvalue weighted by atomic mass is 10.2. The first-order valence-corrected chi connectivity index (χ1v) is 5.74. The summed E-state index contributed by atoms with van der Waals surface area (Å²) in [4.78, 5) is 6.25. The van der Waals surface area contributed by atoms with Crippen LogP contribution in [0.5, 0.6) is 0 Å². The Bertz CT molecular complexity index is 258. The fraction of sp³-hybridized carbons (Fsp3) is 0.667. The van der Waals surface area contributed by atoms with Crippen LogP contribution in [0.2, 0.25) is 0 Å². The van der Waals surface area contributed by atoms with Gasteiger partial charge in [0.2, 0.25) is 5.96 Å². The average Bonchev–Trinajstić information content (AvgIpc) is 2.53. The van der Waals surface area contributed by atoms with Gasteiger partial charge in [0.05, 0.1) is 0 Å². The second kappa shape index (κ2) is 6.38. The van der Waals surface area contributed by atoms with E-state index in [-0.39, 0.29) is 0 Å². The van der Waals surface area contributed by atoms with Crippen molar-refractivity contribution >= 4 is 12.2 Å². The van der Waals surface area contributed by atoms with Gasteiger partial charge in [-0.05, 0) is 32.3 Å². The zero-order valence-electron chi connectivity index (χ0n) is 9.79. The van der Waals surface area contributed by atoms with E-state index in [0.29, 0.717) is 5.96 Å². The van der Waals surface area contributed by atoms with E-state index in [2.05, 4.69) is 9.89 Å². The van der Waals surface area contributed by atoms with Gasteiger partial charge in [0.1, 0.15) is 0 Å². The summed E-state index contributed by atoms with van der Waals surface area (Å²) in [7, 11) is 0. The van der Waals surface area contributed by atoms with Gasteiger partial charge in [0, 0.05) is 19.3 Å². The largest absolute Gasteiger partial charge is 0.341 e. The molecule has 0 aliphatic carbocycles. The summed E-state index contributed by atoms with van der Waals surface area (Å²) in [5, 5.41) is 7.85. The van der Waals surface area contributed by atoms with Crippen LogP contribution < -0.4 is 0 Å². The summed E-state index contributed by atoms with van der Waals surface area (Å²) in [5.41, 5.74) is 1.11. The molecule has 84 valence electrons. The Balaban J connectivity index is 2.48. The third kappa shape index (κ3) is 4.28. The number of rotatable bonds is 1. The molecule has 0 atom stereocenters. The van der Waals surface area contributed by atoms with Gasteiger partial charge in [-0.15, -0.1) is 0 Å². The Morgan fingerprint density at radius 1 is 1.20 bits per heavy atom. The van der Waals surface area contributed by atoms with Crippen LogP contribution in [0.3, 0.4) is 0 Å². The van der Waals surface area contributed by atoms with Gasteiger partial charge in [-0.25, -0.2) is 4.99 Å². The molecule has 1 fully saturated rings. The maximum absolute atomic E-state index is 7.85. The van der Waals surface area contributed by atoms with Crippen molar-refractivity contribution in [2.75, 3.05) is 13.1 Å². The van der Waals surface area contributed by atoms with E-state index < -0.39 is 0 Å². The fourth-order valence-corrected chi connectivity index (χ4v) is 1.60. The van der Waals surface area contributed by atoms with Crippen molar-refractivity contribution in [1.82, 2.24) is 4.90 Å². The van der Waals surface area contributed by atoms with E-state index in [1.54, 1.807) is 6.21 Å². The molecular weight excluding hydrogens is 186 g/mol. The normalized spacial score (nSPS) is 19.3. The van der Waals surface area contributed by atoms with Crippen LogP contribution in [0, 0.1) is 5.41 Å². The number of allylic oxidation sites excluding steroid dienone is 2. The number of aliphatic imine (C=N–C) groups is 1. The van der Waals surface area contributed by atoms with E-state index in [4.69, 9.17) is 5.41 Å². The Hall–Kier alpha value is -1.12. The Morgan fingerprint density at radius 3 is 2.33 bits per heavy atom. The zero-order valence-corrected chi connectivity index (χ0v) is 9.79. The lowest BCUT2D eigenvalue weighted by molar-refractivity contribution is 0.428. The fourth-order valence-electron chi connectivity index (χ4n) is 1.60. The molecule has 1 heterocycles. The standard InChI is InChI=1S/C12H21N3/c1-3-11(2)10-14-12(13)15-8-6-4-5-7-9-15/h3,10,13H,4-9H2,1-2H3. The molecule has 0 aromatic rings. The molecule has 1 aliphatic rings. The minimum atomic E-state index is 0.415. The molecule has 0 saturated carbocycles. The summed E-state index contributed by atoms with van der Waals surface area (Å²) in [6.45, 7) is 5.96. The van der Waals surface area contributed by atoms with Gasteiger partial charge in [-0.3, -0.25) is 5.41 Å². The van der Waals surface area contributed by atoms with Crippen molar-refractivity contribution in [2.45, 2.75) is 39.5 Å². The van der Waals surface area contributed by atoms with Gasteiger partial charge in [0.15, 0.2) is 0 Å². The Kier molecular flexibility index (Phi) is 5.08. The van der Waals surface area contributed by atoms with Gasteiger partial charge in [-0.2, -0.15) is 0 Å². The molecule has 0 spiro atoms. The second-order valence-electron chi connectivity index (χ2n) is 4.02. The maximum Gasteiger partial charge on any atom is 0.217 e. The molecule has 0 amide bonds. The smallest absolute Gasteiger partial charge is 0.217 e. The van der Waals surface area contributed by atoms with Crippen molar-refractivity contribution < 1.29 is 0 Å². The first-order valence-electron chi connectivity index (χ1n) is 5.74. The predicted octanol–water partition coefficient (Wildman–Crippen LogP) is 2.83. The monoisotopic (exact) mass is 207 g/mol. The number of likely N-dealkylation sites (tertiary alicyclic amines) is 1. The molecule has 1 aliphatic heterocycles. The number of hydrogen-bond donors (Lipinski definition) is 1. The van der Waals surface area contributed by atoms with Crippen molar-refractivity contribution in [3.8, 4) is 0 Å². The van der Waals surface area contributed by atoms with Crippen LogP contribution >= 0.6 is 0 Å². The highest BCUT2D eigenvalue weighted by molar-refractivity contribution is 5.91. The third-order valence-electron chi connectivity index (χ3n) is 2.75. The summed E-state index contributed by atoms with van der Waals surface area (Å²) in [5.74, 6) is 0.415.